The molecule has 1 aromatic heterocycles. The van der Waals surface area contributed by atoms with Crippen molar-refractivity contribution in [3.8, 4) is 11.5 Å². The third-order valence-electron chi connectivity index (χ3n) is 7.06. The summed E-state index contributed by atoms with van der Waals surface area (Å²) in [6, 6.07) is 16.9. The highest BCUT2D eigenvalue weighted by Crippen LogP contribution is 2.36. The summed E-state index contributed by atoms with van der Waals surface area (Å²) in [6.45, 7) is 3.18. The van der Waals surface area contributed by atoms with Crippen molar-refractivity contribution in [3.05, 3.63) is 99.2 Å². The van der Waals surface area contributed by atoms with Crippen LogP contribution in [0.25, 0.3) is 17.0 Å². The Hall–Kier alpha value is -4.84. The number of aryl methyl sites for hydroxylation is 1. The first-order valence-corrected chi connectivity index (χ1v) is 15.6. The molecule has 0 aliphatic carbocycles. The topological polar surface area (TPSA) is 136 Å². The van der Waals surface area contributed by atoms with Crippen LogP contribution in [0.3, 0.4) is 0 Å². The number of para-hydroxylation sites is 1. The van der Waals surface area contributed by atoms with Gasteiger partial charge < -0.3 is 29.7 Å². The number of rotatable bonds is 13. The highest BCUT2D eigenvalue weighted by atomic mass is 35.5. The van der Waals surface area contributed by atoms with E-state index in [-0.39, 0.29) is 49.7 Å². The minimum absolute atomic E-state index is 0. The van der Waals surface area contributed by atoms with E-state index in [1.807, 2.05) is 0 Å². The number of amides is 3. The van der Waals surface area contributed by atoms with Crippen LogP contribution < -0.4 is 25.0 Å². The van der Waals surface area contributed by atoms with Crippen LogP contribution in [0, 0.1) is 6.92 Å². The van der Waals surface area contributed by atoms with Crippen molar-refractivity contribution >= 4 is 82.0 Å². The number of carbonyl (C=O) groups excluding carboxylic acids is 4. The van der Waals surface area contributed by atoms with Gasteiger partial charge in [-0.05, 0) is 61.9 Å². The molecular formula is C35H35Cl3N4O7. The van der Waals surface area contributed by atoms with Gasteiger partial charge in [0.25, 0.3) is 5.91 Å². The predicted molar refractivity (Wildman–Crippen MR) is 192 cm³/mol. The van der Waals surface area contributed by atoms with Crippen molar-refractivity contribution in [1.82, 2.24) is 15.6 Å². The number of pyridine rings is 1. The zero-order valence-electron chi connectivity index (χ0n) is 27.2. The standard InChI is InChI=1S/C35H34Cl2N4O7.ClH/c1-5-46-32(44)20-48-29-17-21(2)40-34-24(29)7-6-8-28(34)47-19-25-26(36)14-15-27(33(25)37)41(4)31(43)18-39-30(42)16-11-22-9-12-23(13-10-22)35(45)38-3;/h6-17H,5,18-20H2,1-4H3,(H,38,45)(H,39,42);1H/b16-11+;. The Morgan fingerprint density at radius 1 is 0.980 bits per heavy atom. The Balaban J connectivity index is 0.00000650. The van der Waals surface area contributed by atoms with E-state index in [2.05, 4.69) is 15.6 Å². The first-order chi connectivity index (χ1) is 23.0. The number of nitrogens with zero attached hydrogens (tertiary/aromatic N) is 2. The van der Waals surface area contributed by atoms with Gasteiger partial charge in [0.1, 0.15) is 23.6 Å². The van der Waals surface area contributed by atoms with E-state index in [1.165, 1.54) is 18.0 Å². The summed E-state index contributed by atoms with van der Waals surface area (Å²) >= 11 is 13.2. The molecule has 0 radical (unpaired) electrons. The number of carbonyl (C=O) groups is 4. The largest absolute Gasteiger partial charge is 0.487 e. The van der Waals surface area contributed by atoms with Gasteiger partial charge in [0.15, 0.2) is 6.61 Å². The summed E-state index contributed by atoms with van der Waals surface area (Å²) in [5.41, 5.74) is 3.17. The molecular weight excluding hydrogens is 695 g/mol. The molecule has 0 spiro atoms. The van der Waals surface area contributed by atoms with Gasteiger partial charge in [-0.15, -0.1) is 12.4 Å². The lowest BCUT2D eigenvalue weighted by Gasteiger charge is -2.21. The zero-order valence-corrected chi connectivity index (χ0v) is 29.5. The Bertz CT molecular complexity index is 1870. The first-order valence-electron chi connectivity index (χ1n) is 14.8. The van der Waals surface area contributed by atoms with Gasteiger partial charge in [0, 0.05) is 53.5 Å². The van der Waals surface area contributed by atoms with Crippen molar-refractivity contribution < 1.29 is 33.4 Å². The number of hydrogen-bond donors (Lipinski definition) is 2. The average molecular weight is 730 g/mol. The van der Waals surface area contributed by atoms with Crippen LogP contribution in [0.5, 0.6) is 11.5 Å². The summed E-state index contributed by atoms with van der Waals surface area (Å²) in [5.74, 6) is -0.714. The lowest BCUT2D eigenvalue weighted by molar-refractivity contribution is -0.145. The zero-order chi connectivity index (χ0) is 34.8. The molecule has 1 heterocycles. The number of hydrogen-bond acceptors (Lipinski definition) is 8. The quantitative estimate of drug-likeness (QED) is 0.128. The highest BCUT2D eigenvalue weighted by molar-refractivity contribution is 6.38. The van der Waals surface area contributed by atoms with Gasteiger partial charge in [0.2, 0.25) is 11.8 Å². The van der Waals surface area contributed by atoms with Crippen LogP contribution in [0.15, 0.2) is 66.7 Å². The summed E-state index contributed by atoms with van der Waals surface area (Å²) < 4.78 is 16.8. The average Bonchev–Trinajstić information content (AvgIpc) is 3.08. The molecule has 4 rings (SSSR count). The summed E-state index contributed by atoms with van der Waals surface area (Å²) in [6.07, 6.45) is 2.87. The van der Waals surface area contributed by atoms with E-state index < -0.39 is 17.8 Å². The van der Waals surface area contributed by atoms with E-state index in [1.54, 1.807) is 87.6 Å². The van der Waals surface area contributed by atoms with E-state index in [0.717, 1.165) is 0 Å². The fraction of sp³-hybridized carbons (Fsp3) is 0.229. The molecule has 11 nitrogen and oxygen atoms in total. The molecule has 0 aliphatic heterocycles. The lowest BCUT2D eigenvalue weighted by Crippen LogP contribution is -2.37. The maximum Gasteiger partial charge on any atom is 0.344 e. The smallest absolute Gasteiger partial charge is 0.344 e. The number of ether oxygens (including phenoxy) is 3. The minimum Gasteiger partial charge on any atom is -0.487 e. The third-order valence-corrected chi connectivity index (χ3v) is 7.83. The SMILES string of the molecule is CCOC(=O)COc1cc(C)nc2c(OCc3c(Cl)ccc(N(C)C(=O)CNC(=O)/C=C/c4ccc(C(=O)NC)cc4)c3Cl)cccc12.Cl. The van der Waals surface area contributed by atoms with Gasteiger partial charge in [-0.25, -0.2) is 9.78 Å². The van der Waals surface area contributed by atoms with Crippen LogP contribution in [0.1, 0.15) is 34.1 Å². The second-order valence-electron chi connectivity index (χ2n) is 10.4. The van der Waals surface area contributed by atoms with Crippen LogP contribution in [-0.2, 0) is 25.7 Å². The molecule has 14 heteroatoms. The van der Waals surface area contributed by atoms with E-state index >= 15 is 0 Å². The molecule has 0 saturated heterocycles. The fourth-order valence-electron chi connectivity index (χ4n) is 4.55. The number of halogens is 3. The first kappa shape index (κ1) is 38.6. The van der Waals surface area contributed by atoms with Gasteiger partial charge in [-0.1, -0.05) is 41.4 Å². The van der Waals surface area contributed by atoms with E-state index in [4.69, 9.17) is 37.4 Å². The number of likely N-dealkylation sites (N-methyl/N-ethyl adjacent to an activating group) is 1. The maximum atomic E-state index is 13.0. The Morgan fingerprint density at radius 2 is 1.71 bits per heavy atom. The molecule has 4 aromatic rings. The second-order valence-corrected chi connectivity index (χ2v) is 11.1. The number of benzene rings is 3. The second kappa shape index (κ2) is 18.1. The van der Waals surface area contributed by atoms with Gasteiger partial charge in [0.05, 0.1) is 23.9 Å². The third kappa shape index (κ3) is 10.1. The highest BCUT2D eigenvalue weighted by Gasteiger charge is 2.20. The number of anilines is 1. The van der Waals surface area contributed by atoms with Gasteiger partial charge in [-0.2, -0.15) is 0 Å². The molecule has 2 N–H and O–H groups in total. The van der Waals surface area contributed by atoms with Crippen molar-refractivity contribution in [2.75, 3.05) is 38.8 Å². The molecule has 0 unspecified atom stereocenters. The lowest BCUT2D eigenvalue weighted by atomic mass is 10.1. The van der Waals surface area contributed by atoms with Crippen LogP contribution in [0.2, 0.25) is 10.0 Å². The molecule has 0 saturated carbocycles. The molecule has 0 aliphatic rings. The molecule has 0 fully saturated rings. The van der Waals surface area contributed by atoms with Crippen LogP contribution >= 0.6 is 35.6 Å². The number of fused-ring (bicyclic) bond motifs is 1. The van der Waals surface area contributed by atoms with Crippen molar-refractivity contribution in [2.45, 2.75) is 20.5 Å². The van der Waals surface area contributed by atoms with Crippen molar-refractivity contribution in [3.63, 3.8) is 0 Å². The summed E-state index contributed by atoms with van der Waals surface area (Å²) in [7, 11) is 3.08. The maximum absolute atomic E-state index is 13.0. The van der Waals surface area contributed by atoms with Crippen molar-refractivity contribution in [1.29, 1.82) is 0 Å². The predicted octanol–water partition coefficient (Wildman–Crippen LogP) is 5.94. The minimum atomic E-state index is -0.484. The Morgan fingerprint density at radius 3 is 2.41 bits per heavy atom. The molecule has 258 valence electrons. The monoisotopic (exact) mass is 728 g/mol. The van der Waals surface area contributed by atoms with E-state index in [0.29, 0.717) is 55.5 Å². The van der Waals surface area contributed by atoms with Crippen LogP contribution in [0.4, 0.5) is 5.69 Å². The molecule has 3 aromatic carbocycles. The van der Waals surface area contributed by atoms with Crippen LogP contribution in [-0.4, -0.2) is 62.5 Å². The van der Waals surface area contributed by atoms with E-state index in [9.17, 15) is 19.2 Å². The Labute approximate surface area is 299 Å². The molecule has 3 amide bonds. The van der Waals surface area contributed by atoms with Gasteiger partial charge in [-0.3, -0.25) is 14.4 Å². The number of aromatic nitrogens is 1. The summed E-state index contributed by atoms with van der Waals surface area (Å²) in [4.78, 5) is 54.9. The number of esters is 1. The molecule has 49 heavy (non-hydrogen) atoms. The number of nitrogens with one attached hydrogen (secondary N) is 2. The van der Waals surface area contributed by atoms with Crippen molar-refractivity contribution in [2.24, 2.45) is 0 Å². The fourth-order valence-corrected chi connectivity index (χ4v) is 5.16. The summed E-state index contributed by atoms with van der Waals surface area (Å²) in [5, 5.41) is 6.27. The normalized spacial score (nSPS) is 10.7. The molecule has 0 bridgehead atoms. The molecule has 0 atom stereocenters. The van der Waals surface area contributed by atoms with Gasteiger partial charge >= 0.3 is 5.97 Å². The Kier molecular flexibility index (Phi) is 14.2.